The molecule has 144 valence electrons. The lowest BCUT2D eigenvalue weighted by molar-refractivity contribution is 0.311. The smallest absolute Gasteiger partial charge is 0.196 e. The fourth-order valence-electron chi connectivity index (χ4n) is 2.22. The molecule has 2 N–H and O–H groups in total. The molecule has 0 saturated heterocycles. The molecule has 0 unspecified atom stereocenters. The van der Waals surface area contributed by atoms with Crippen LogP contribution < -0.4 is 20.1 Å². The van der Waals surface area contributed by atoms with Gasteiger partial charge in [0.25, 0.3) is 0 Å². The second-order valence-electron chi connectivity index (χ2n) is 5.37. The molecule has 1 heterocycles. The average Bonchev–Trinajstić information content (AvgIpc) is 2.92. The van der Waals surface area contributed by atoms with Crippen molar-refractivity contribution in [3.8, 4) is 11.5 Å². The minimum Gasteiger partial charge on any atom is -0.493 e. The SMILES string of the molecule is CCNC(=NCc1nc(C)c(C)s1)Nc1ccc(OCC)c(OC)c1.I. The Morgan fingerprint density at radius 3 is 2.58 bits per heavy atom. The summed E-state index contributed by atoms with van der Waals surface area (Å²) < 4.78 is 10.9. The van der Waals surface area contributed by atoms with Crippen molar-refractivity contribution in [3.63, 3.8) is 0 Å². The predicted octanol–water partition coefficient (Wildman–Crippen LogP) is 4.36. The first-order chi connectivity index (χ1) is 12.1. The van der Waals surface area contributed by atoms with Gasteiger partial charge in [-0.15, -0.1) is 35.3 Å². The van der Waals surface area contributed by atoms with E-state index in [9.17, 15) is 0 Å². The molecule has 0 atom stereocenters. The molecule has 0 radical (unpaired) electrons. The molecular formula is C18H27IN4O2S. The van der Waals surface area contributed by atoms with Crippen molar-refractivity contribution in [3.05, 3.63) is 33.8 Å². The average molecular weight is 490 g/mol. The number of aryl methyl sites for hydroxylation is 2. The Kier molecular flexibility index (Phi) is 9.71. The van der Waals surface area contributed by atoms with Crippen LogP contribution in [0.2, 0.25) is 0 Å². The molecule has 0 aliphatic heterocycles. The number of anilines is 1. The second kappa shape index (κ2) is 11.2. The highest BCUT2D eigenvalue weighted by Crippen LogP contribution is 2.30. The number of hydrogen-bond donors (Lipinski definition) is 2. The maximum atomic E-state index is 5.55. The first-order valence-corrected chi connectivity index (χ1v) is 9.18. The quantitative estimate of drug-likeness (QED) is 0.343. The van der Waals surface area contributed by atoms with Gasteiger partial charge in [-0.2, -0.15) is 0 Å². The van der Waals surface area contributed by atoms with E-state index >= 15 is 0 Å². The Morgan fingerprint density at radius 1 is 1.23 bits per heavy atom. The summed E-state index contributed by atoms with van der Waals surface area (Å²) in [7, 11) is 1.63. The Labute approximate surface area is 176 Å². The molecule has 0 spiro atoms. The molecule has 0 saturated carbocycles. The van der Waals surface area contributed by atoms with E-state index in [0.717, 1.165) is 28.7 Å². The molecule has 8 heteroatoms. The van der Waals surface area contributed by atoms with Crippen molar-refractivity contribution in [1.82, 2.24) is 10.3 Å². The van der Waals surface area contributed by atoms with Crippen molar-refractivity contribution in [2.45, 2.75) is 34.2 Å². The number of methoxy groups -OCH3 is 1. The van der Waals surface area contributed by atoms with E-state index in [0.29, 0.717) is 24.9 Å². The van der Waals surface area contributed by atoms with Gasteiger partial charge >= 0.3 is 0 Å². The van der Waals surface area contributed by atoms with Crippen molar-refractivity contribution >= 4 is 47.0 Å². The molecular weight excluding hydrogens is 463 g/mol. The van der Waals surface area contributed by atoms with Gasteiger partial charge in [0, 0.05) is 23.2 Å². The number of aliphatic imine (C=N–C) groups is 1. The van der Waals surface area contributed by atoms with Crippen molar-refractivity contribution in [2.75, 3.05) is 25.6 Å². The molecule has 0 bridgehead atoms. The normalized spacial score (nSPS) is 10.9. The maximum absolute atomic E-state index is 5.55. The Hall–Kier alpha value is -1.55. The van der Waals surface area contributed by atoms with Gasteiger partial charge in [-0.25, -0.2) is 9.98 Å². The van der Waals surface area contributed by atoms with E-state index in [2.05, 4.69) is 27.5 Å². The topological polar surface area (TPSA) is 67.8 Å². The highest BCUT2D eigenvalue weighted by molar-refractivity contribution is 14.0. The van der Waals surface area contributed by atoms with Crippen LogP contribution >= 0.6 is 35.3 Å². The summed E-state index contributed by atoms with van der Waals surface area (Å²) in [5.74, 6) is 2.12. The van der Waals surface area contributed by atoms with Crippen LogP contribution in [0.25, 0.3) is 0 Å². The fourth-order valence-corrected chi connectivity index (χ4v) is 3.08. The van der Waals surface area contributed by atoms with E-state index < -0.39 is 0 Å². The van der Waals surface area contributed by atoms with E-state index in [4.69, 9.17) is 9.47 Å². The lowest BCUT2D eigenvalue weighted by atomic mass is 10.2. The molecule has 0 amide bonds. The fraction of sp³-hybridized carbons (Fsp3) is 0.444. The van der Waals surface area contributed by atoms with E-state index in [-0.39, 0.29) is 24.0 Å². The molecule has 26 heavy (non-hydrogen) atoms. The van der Waals surface area contributed by atoms with Crippen LogP contribution in [0.3, 0.4) is 0 Å². The monoisotopic (exact) mass is 490 g/mol. The minimum atomic E-state index is 0. The number of benzene rings is 1. The Morgan fingerprint density at radius 2 is 2.00 bits per heavy atom. The predicted molar refractivity (Wildman–Crippen MR) is 120 cm³/mol. The highest BCUT2D eigenvalue weighted by Gasteiger charge is 2.08. The molecule has 6 nitrogen and oxygen atoms in total. The van der Waals surface area contributed by atoms with Gasteiger partial charge in [-0.3, -0.25) is 0 Å². The summed E-state index contributed by atoms with van der Waals surface area (Å²) in [6, 6.07) is 5.73. The zero-order valence-electron chi connectivity index (χ0n) is 15.9. The molecule has 1 aromatic heterocycles. The lowest BCUT2D eigenvalue weighted by Gasteiger charge is -2.14. The van der Waals surface area contributed by atoms with E-state index in [1.54, 1.807) is 18.4 Å². The summed E-state index contributed by atoms with van der Waals surface area (Å²) >= 11 is 1.68. The molecule has 2 rings (SSSR count). The summed E-state index contributed by atoms with van der Waals surface area (Å²) in [5, 5.41) is 7.55. The van der Waals surface area contributed by atoms with Crippen LogP contribution in [0.1, 0.15) is 29.4 Å². The zero-order valence-corrected chi connectivity index (χ0v) is 19.0. The van der Waals surface area contributed by atoms with Gasteiger partial charge in [0.1, 0.15) is 5.01 Å². The number of nitrogens with zero attached hydrogens (tertiary/aromatic N) is 2. The Bertz CT molecular complexity index is 714. The number of hydrogen-bond acceptors (Lipinski definition) is 5. The van der Waals surface area contributed by atoms with Crippen LogP contribution in [-0.4, -0.2) is 31.2 Å². The van der Waals surface area contributed by atoms with Gasteiger partial charge in [0.05, 0.1) is 26.0 Å². The first-order valence-electron chi connectivity index (χ1n) is 8.36. The number of aromatic nitrogens is 1. The van der Waals surface area contributed by atoms with Crippen molar-refractivity contribution in [1.29, 1.82) is 0 Å². The number of halogens is 1. The van der Waals surface area contributed by atoms with Gasteiger partial charge in [-0.1, -0.05) is 0 Å². The van der Waals surface area contributed by atoms with Gasteiger partial charge in [0.2, 0.25) is 0 Å². The van der Waals surface area contributed by atoms with E-state index in [1.807, 2.05) is 39.0 Å². The highest BCUT2D eigenvalue weighted by atomic mass is 127. The number of thiazole rings is 1. The van der Waals surface area contributed by atoms with Crippen molar-refractivity contribution < 1.29 is 9.47 Å². The van der Waals surface area contributed by atoms with Gasteiger partial charge in [0.15, 0.2) is 17.5 Å². The minimum absolute atomic E-state index is 0. The van der Waals surface area contributed by atoms with Crippen LogP contribution in [0.5, 0.6) is 11.5 Å². The third-order valence-corrected chi connectivity index (χ3v) is 4.57. The molecule has 0 aliphatic rings. The molecule has 2 aromatic rings. The summed E-state index contributed by atoms with van der Waals surface area (Å²) in [6.45, 7) is 10.0. The van der Waals surface area contributed by atoms with Crippen LogP contribution in [0, 0.1) is 13.8 Å². The van der Waals surface area contributed by atoms with Gasteiger partial charge in [-0.05, 0) is 39.8 Å². The van der Waals surface area contributed by atoms with Crippen LogP contribution in [0.4, 0.5) is 5.69 Å². The van der Waals surface area contributed by atoms with Gasteiger partial charge < -0.3 is 20.1 Å². The van der Waals surface area contributed by atoms with E-state index in [1.165, 1.54) is 4.88 Å². The lowest BCUT2D eigenvalue weighted by Crippen LogP contribution is -2.30. The summed E-state index contributed by atoms with van der Waals surface area (Å²) in [5.41, 5.74) is 1.95. The molecule has 1 aromatic carbocycles. The Balaban J connectivity index is 0.00000338. The maximum Gasteiger partial charge on any atom is 0.196 e. The number of ether oxygens (including phenoxy) is 2. The van der Waals surface area contributed by atoms with Crippen LogP contribution in [0.15, 0.2) is 23.2 Å². The zero-order chi connectivity index (χ0) is 18.2. The van der Waals surface area contributed by atoms with Crippen molar-refractivity contribution in [2.24, 2.45) is 4.99 Å². The number of rotatable bonds is 7. The third kappa shape index (κ3) is 6.31. The standard InChI is InChI=1S/C18H26N4O2S.HI/c1-6-19-18(20-11-17-21-12(3)13(4)25-17)22-14-8-9-15(24-7-2)16(10-14)23-5;/h8-10H,6-7,11H2,1-5H3,(H2,19,20,22);1H. The van der Waals surface area contributed by atoms with Crippen LogP contribution in [-0.2, 0) is 6.54 Å². The molecule has 0 aliphatic carbocycles. The summed E-state index contributed by atoms with van der Waals surface area (Å²) in [4.78, 5) is 10.4. The largest absolute Gasteiger partial charge is 0.493 e. The molecule has 0 fully saturated rings. The third-order valence-electron chi connectivity index (χ3n) is 3.52. The summed E-state index contributed by atoms with van der Waals surface area (Å²) in [6.07, 6.45) is 0. The number of nitrogens with one attached hydrogen (secondary N) is 2. The second-order valence-corrected chi connectivity index (χ2v) is 6.66. The first kappa shape index (κ1) is 22.5. The number of guanidine groups is 1.